The molecule has 0 fully saturated rings. The van der Waals surface area contributed by atoms with Crippen molar-refractivity contribution >= 4 is 23.3 Å². The zero-order chi connectivity index (χ0) is 21.1. The number of rotatable bonds is 12. The van der Waals surface area contributed by atoms with Crippen LogP contribution in [-0.2, 0) is 9.53 Å². The first-order chi connectivity index (χ1) is 14.0. The summed E-state index contributed by atoms with van der Waals surface area (Å²) in [6, 6.07) is 10.2. The van der Waals surface area contributed by atoms with Gasteiger partial charge in [0.1, 0.15) is 12.0 Å². The summed E-state index contributed by atoms with van der Waals surface area (Å²) in [5.41, 5.74) is 1.65. The predicted octanol–water partition coefficient (Wildman–Crippen LogP) is 4.09. The van der Waals surface area contributed by atoms with Gasteiger partial charge >= 0.3 is 5.97 Å². The lowest BCUT2D eigenvalue weighted by atomic mass is 10.1. The van der Waals surface area contributed by atoms with Crippen LogP contribution < -0.4 is 5.32 Å². The lowest BCUT2D eigenvalue weighted by molar-refractivity contribution is -0.385. The van der Waals surface area contributed by atoms with Crippen molar-refractivity contribution in [1.82, 2.24) is 4.98 Å². The minimum atomic E-state index is -0.490. The van der Waals surface area contributed by atoms with E-state index in [2.05, 4.69) is 10.3 Å². The normalized spacial score (nSPS) is 10.4. The van der Waals surface area contributed by atoms with Crippen molar-refractivity contribution in [3.63, 3.8) is 0 Å². The molecule has 0 spiro atoms. The first-order valence-corrected chi connectivity index (χ1v) is 9.55. The zero-order valence-corrected chi connectivity index (χ0v) is 16.4. The highest BCUT2D eigenvalue weighted by Gasteiger charge is 2.10. The van der Waals surface area contributed by atoms with Crippen molar-refractivity contribution in [2.24, 2.45) is 0 Å². The average molecular weight is 399 g/mol. The summed E-state index contributed by atoms with van der Waals surface area (Å²) in [5.74, 6) is 0.159. The maximum atomic E-state index is 12.0. The van der Waals surface area contributed by atoms with Crippen LogP contribution in [0.1, 0.15) is 48.0 Å². The van der Waals surface area contributed by atoms with Crippen molar-refractivity contribution in [1.29, 1.82) is 0 Å². The second-order valence-electron chi connectivity index (χ2n) is 6.66. The van der Waals surface area contributed by atoms with Crippen molar-refractivity contribution in [2.75, 3.05) is 18.5 Å². The minimum absolute atomic E-state index is 0.0436. The maximum Gasteiger partial charge on any atom is 0.306 e. The number of carbonyl (C=O) groups excluding carboxylic acids is 2. The molecular weight excluding hydrogens is 374 g/mol. The molecule has 154 valence electrons. The van der Waals surface area contributed by atoms with Gasteiger partial charge < -0.3 is 10.1 Å². The van der Waals surface area contributed by atoms with Gasteiger partial charge in [0, 0.05) is 24.6 Å². The number of nitro groups is 1. The second-order valence-corrected chi connectivity index (χ2v) is 6.66. The van der Waals surface area contributed by atoms with Gasteiger partial charge in [-0.1, -0.05) is 29.8 Å². The molecule has 0 unspecified atom stereocenters. The topological polar surface area (TPSA) is 111 Å². The number of Topliss-reactive ketones (excluding diaryl/α,β-unsaturated/α-hetero) is 1. The predicted molar refractivity (Wildman–Crippen MR) is 109 cm³/mol. The fraction of sp³-hybridized carbons (Fsp3) is 0.381. The summed E-state index contributed by atoms with van der Waals surface area (Å²) in [5, 5.41) is 13.6. The Labute approximate surface area is 169 Å². The fourth-order valence-corrected chi connectivity index (χ4v) is 2.58. The van der Waals surface area contributed by atoms with Gasteiger partial charge in [0.2, 0.25) is 0 Å². The van der Waals surface area contributed by atoms with Gasteiger partial charge in [-0.15, -0.1) is 0 Å². The van der Waals surface area contributed by atoms with Crippen LogP contribution in [0.15, 0.2) is 42.6 Å². The minimum Gasteiger partial charge on any atom is -0.466 e. The number of anilines is 1. The largest absolute Gasteiger partial charge is 0.466 e. The van der Waals surface area contributed by atoms with E-state index >= 15 is 0 Å². The number of hydrogen-bond donors (Lipinski definition) is 1. The van der Waals surface area contributed by atoms with Crippen LogP contribution in [-0.4, -0.2) is 34.8 Å². The third-order valence-corrected chi connectivity index (χ3v) is 4.28. The van der Waals surface area contributed by atoms with Crippen LogP contribution in [0.25, 0.3) is 0 Å². The Morgan fingerprint density at radius 2 is 1.83 bits per heavy atom. The number of benzene rings is 1. The van der Waals surface area contributed by atoms with Crippen molar-refractivity contribution < 1.29 is 19.2 Å². The molecule has 0 aliphatic rings. The lowest BCUT2D eigenvalue weighted by Gasteiger charge is -2.06. The Kier molecular flexibility index (Phi) is 8.75. The van der Waals surface area contributed by atoms with E-state index in [9.17, 15) is 19.7 Å². The highest BCUT2D eigenvalue weighted by Crippen LogP contribution is 2.12. The molecule has 0 aliphatic heterocycles. The molecule has 1 heterocycles. The Hall–Kier alpha value is -3.29. The highest BCUT2D eigenvalue weighted by atomic mass is 16.6. The number of ketones is 1. The highest BCUT2D eigenvalue weighted by molar-refractivity contribution is 5.97. The number of nitrogens with one attached hydrogen (secondary N) is 1. The number of aromatic nitrogens is 1. The molecule has 2 aromatic rings. The third-order valence-electron chi connectivity index (χ3n) is 4.28. The quantitative estimate of drug-likeness (QED) is 0.188. The summed E-state index contributed by atoms with van der Waals surface area (Å²) in [7, 11) is 0. The molecule has 1 aromatic carbocycles. The van der Waals surface area contributed by atoms with E-state index in [1.165, 1.54) is 12.3 Å². The van der Waals surface area contributed by atoms with Crippen LogP contribution in [0.5, 0.6) is 0 Å². The Bertz CT molecular complexity index is 819. The standard InChI is InChI=1S/C21H25N3O5/c1-16-5-7-17(8-6-16)19(25)10-12-21(26)29-14-4-2-3-13-22-20-11-9-18(15-23-20)24(27)28/h5-9,11,15H,2-4,10,12-14H2,1H3,(H,22,23). The number of hydrogen-bond acceptors (Lipinski definition) is 7. The van der Waals surface area contributed by atoms with Gasteiger partial charge in [0.05, 0.1) is 18.0 Å². The van der Waals surface area contributed by atoms with Gasteiger partial charge in [-0.05, 0) is 32.3 Å². The van der Waals surface area contributed by atoms with Crippen molar-refractivity contribution in [3.8, 4) is 0 Å². The molecule has 1 aromatic heterocycles. The second kappa shape index (κ2) is 11.5. The number of ether oxygens (including phenoxy) is 1. The first-order valence-electron chi connectivity index (χ1n) is 9.55. The van der Waals surface area contributed by atoms with Crippen LogP contribution in [0, 0.1) is 17.0 Å². The molecule has 2 rings (SSSR count). The SMILES string of the molecule is Cc1ccc(C(=O)CCC(=O)OCCCCCNc2ccc([N+](=O)[O-])cn2)cc1. The van der Waals surface area contributed by atoms with E-state index < -0.39 is 4.92 Å². The van der Waals surface area contributed by atoms with Gasteiger partial charge in [0.25, 0.3) is 5.69 Å². The molecule has 0 aliphatic carbocycles. The first kappa shape index (κ1) is 22.0. The summed E-state index contributed by atoms with van der Waals surface area (Å²) < 4.78 is 5.16. The molecule has 0 radical (unpaired) electrons. The third kappa shape index (κ3) is 8.08. The zero-order valence-electron chi connectivity index (χ0n) is 16.4. The molecular formula is C21H25N3O5. The Morgan fingerprint density at radius 3 is 2.48 bits per heavy atom. The van der Waals surface area contributed by atoms with E-state index in [0.717, 1.165) is 24.8 Å². The molecule has 0 saturated carbocycles. The van der Waals surface area contributed by atoms with Gasteiger partial charge in [-0.3, -0.25) is 19.7 Å². The molecule has 8 heteroatoms. The number of esters is 1. The van der Waals surface area contributed by atoms with E-state index in [4.69, 9.17) is 4.74 Å². The molecule has 0 bridgehead atoms. The van der Waals surface area contributed by atoms with E-state index in [1.807, 2.05) is 19.1 Å². The fourth-order valence-electron chi connectivity index (χ4n) is 2.58. The molecule has 0 atom stereocenters. The van der Waals surface area contributed by atoms with Crippen LogP contribution in [0.3, 0.4) is 0 Å². The summed E-state index contributed by atoms with van der Waals surface area (Å²) in [4.78, 5) is 37.8. The molecule has 0 saturated heterocycles. The molecule has 8 nitrogen and oxygen atoms in total. The Balaban J connectivity index is 1.51. The number of carbonyl (C=O) groups is 2. The molecule has 29 heavy (non-hydrogen) atoms. The number of unbranched alkanes of at least 4 members (excludes halogenated alkanes) is 2. The summed E-state index contributed by atoms with van der Waals surface area (Å²) in [6.45, 7) is 2.95. The Morgan fingerprint density at radius 1 is 1.07 bits per heavy atom. The molecule has 1 N–H and O–H groups in total. The summed E-state index contributed by atoms with van der Waals surface area (Å²) in [6.07, 6.45) is 3.88. The van der Waals surface area contributed by atoms with E-state index in [-0.39, 0.29) is 30.3 Å². The molecule has 0 amide bonds. The number of nitrogens with zero attached hydrogens (tertiary/aromatic N) is 2. The van der Waals surface area contributed by atoms with Gasteiger partial charge in [-0.25, -0.2) is 4.98 Å². The van der Waals surface area contributed by atoms with E-state index in [1.54, 1.807) is 18.2 Å². The monoisotopic (exact) mass is 399 g/mol. The summed E-state index contributed by atoms with van der Waals surface area (Å²) >= 11 is 0. The average Bonchev–Trinajstić information content (AvgIpc) is 2.72. The lowest BCUT2D eigenvalue weighted by Crippen LogP contribution is -2.09. The number of aryl methyl sites for hydroxylation is 1. The van der Waals surface area contributed by atoms with Crippen LogP contribution in [0.2, 0.25) is 0 Å². The van der Waals surface area contributed by atoms with Gasteiger partial charge in [0.15, 0.2) is 5.78 Å². The van der Waals surface area contributed by atoms with Crippen LogP contribution in [0.4, 0.5) is 11.5 Å². The van der Waals surface area contributed by atoms with Gasteiger partial charge in [-0.2, -0.15) is 0 Å². The van der Waals surface area contributed by atoms with Crippen LogP contribution >= 0.6 is 0 Å². The smallest absolute Gasteiger partial charge is 0.306 e. The van der Waals surface area contributed by atoms with Crippen molar-refractivity contribution in [2.45, 2.75) is 39.0 Å². The maximum absolute atomic E-state index is 12.0. The number of pyridine rings is 1. The van der Waals surface area contributed by atoms with E-state index in [0.29, 0.717) is 24.5 Å². The van der Waals surface area contributed by atoms with Crippen molar-refractivity contribution in [3.05, 3.63) is 63.8 Å².